The average molecular weight is 247 g/mol. The van der Waals surface area contributed by atoms with Crippen LogP contribution in [0.15, 0.2) is 6.20 Å². The summed E-state index contributed by atoms with van der Waals surface area (Å²) in [5, 5.41) is 2.68. The summed E-state index contributed by atoms with van der Waals surface area (Å²) in [6.45, 7) is 2.09. The van der Waals surface area contributed by atoms with Crippen molar-refractivity contribution in [3.05, 3.63) is 23.3 Å². The highest BCUT2D eigenvalue weighted by molar-refractivity contribution is 5.20. The first kappa shape index (κ1) is 13.9. The fraction of sp³-hybridized carbons (Fsp3) is 0.636. The molecule has 0 aliphatic heterocycles. The number of halogens is 3. The first-order valence-corrected chi connectivity index (χ1v) is 5.55. The van der Waals surface area contributed by atoms with Crippen LogP contribution >= 0.6 is 0 Å². The van der Waals surface area contributed by atoms with Crippen molar-refractivity contribution in [1.82, 2.24) is 15.3 Å². The van der Waals surface area contributed by atoms with Crippen molar-refractivity contribution in [1.29, 1.82) is 0 Å². The predicted molar refractivity (Wildman–Crippen MR) is 58.4 cm³/mol. The van der Waals surface area contributed by atoms with Crippen LogP contribution in [0, 0.1) is 0 Å². The number of alkyl halides is 3. The molecule has 3 nitrogen and oxygen atoms in total. The number of hydrogen-bond acceptors (Lipinski definition) is 3. The Kier molecular flexibility index (Phi) is 4.86. The molecule has 0 amide bonds. The standard InChI is InChI=1S/C11H16F3N3/c1-3-4-5-9-16-7-8(6-15-2)10(17-9)11(12,13)14/h7,15H,3-6H2,1-2H3. The van der Waals surface area contributed by atoms with Crippen LogP contribution in [0.4, 0.5) is 13.2 Å². The molecule has 1 heterocycles. The van der Waals surface area contributed by atoms with Crippen LogP contribution in [0.2, 0.25) is 0 Å². The van der Waals surface area contributed by atoms with Crippen molar-refractivity contribution in [2.75, 3.05) is 7.05 Å². The molecular formula is C11H16F3N3. The van der Waals surface area contributed by atoms with E-state index in [1.54, 1.807) is 7.05 Å². The molecule has 6 heteroatoms. The molecule has 0 saturated carbocycles. The van der Waals surface area contributed by atoms with Crippen molar-refractivity contribution in [3.8, 4) is 0 Å². The number of rotatable bonds is 5. The third kappa shape index (κ3) is 3.96. The molecule has 0 aromatic carbocycles. The molecule has 0 saturated heterocycles. The summed E-state index contributed by atoms with van der Waals surface area (Å²) >= 11 is 0. The zero-order valence-corrected chi connectivity index (χ0v) is 9.93. The van der Waals surface area contributed by atoms with Crippen molar-refractivity contribution in [3.63, 3.8) is 0 Å². The lowest BCUT2D eigenvalue weighted by atomic mass is 10.2. The fourth-order valence-electron chi connectivity index (χ4n) is 1.46. The van der Waals surface area contributed by atoms with E-state index >= 15 is 0 Å². The zero-order chi connectivity index (χ0) is 12.9. The van der Waals surface area contributed by atoms with E-state index < -0.39 is 11.9 Å². The van der Waals surface area contributed by atoms with E-state index in [2.05, 4.69) is 15.3 Å². The Hall–Kier alpha value is -1.17. The van der Waals surface area contributed by atoms with Gasteiger partial charge in [0.1, 0.15) is 5.82 Å². The summed E-state index contributed by atoms with van der Waals surface area (Å²) in [7, 11) is 1.59. The Morgan fingerprint density at radius 3 is 2.59 bits per heavy atom. The van der Waals surface area contributed by atoms with Crippen LogP contribution in [0.3, 0.4) is 0 Å². The third-order valence-corrected chi connectivity index (χ3v) is 2.30. The van der Waals surface area contributed by atoms with Gasteiger partial charge in [-0.1, -0.05) is 13.3 Å². The van der Waals surface area contributed by atoms with Gasteiger partial charge in [0, 0.05) is 24.7 Å². The Balaban J connectivity index is 3.01. The van der Waals surface area contributed by atoms with E-state index in [1.807, 2.05) is 6.92 Å². The van der Waals surface area contributed by atoms with Gasteiger partial charge in [-0.15, -0.1) is 0 Å². The maximum Gasteiger partial charge on any atom is 0.433 e. The highest BCUT2D eigenvalue weighted by Gasteiger charge is 2.35. The van der Waals surface area contributed by atoms with Crippen LogP contribution in [0.5, 0.6) is 0 Å². The number of unbranched alkanes of at least 4 members (excludes halogenated alkanes) is 1. The maximum absolute atomic E-state index is 12.8. The van der Waals surface area contributed by atoms with Gasteiger partial charge in [0.15, 0.2) is 5.69 Å². The molecule has 96 valence electrons. The largest absolute Gasteiger partial charge is 0.433 e. The summed E-state index contributed by atoms with van der Waals surface area (Å²) < 4.78 is 38.3. The molecule has 1 rings (SSSR count). The van der Waals surface area contributed by atoms with Gasteiger partial charge in [0.25, 0.3) is 0 Å². The highest BCUT2D eigenvalue weighted by atomic mass is 19.4. The minimum atomic E-state index is -4.42. The van der Waals surface area contributed by atoms with Crippen LogP contribution in [0.25, 0.3) is 0 Å². The van der Waals surface area contributed by atoms with Crippen LogP contribution in [-0.2, 0) is 19.1 Å². The molecule has 0 aliphatic rings. The quantitative estimate of drug-likeness (QED) is 0.869. The van der Waals surface area contributed by atoms with Crippen molar-refractivity contribution < 1.29 is 13.2 Å². The molecule has 0 unspecified atom stereocenters. The second kappa shape index (κ2) is 5.95. The normalized spacial score (nSPS) is 11.8. The van der Waals surface area contributed by atoms with Gasteiger partial charge in [-0.3, -0.25) is 0 Å². The molecule has 1 aromatic rings. The molecule has 0 fully saturated rings. The summed E-state index contributed by atoms with van der Waals surface area (Å²) in [5.41, 5.74) is -0.742. The lowest BCUT2D eigenvalue weighted by molar-refractivity contribution is -0.142. The Labute approximate surface area is 98.5 Å². The Morgan fingerprint density at radius 2 is 2.06 bits per heavy atom. The van der Waals surface area contributed by atoms with E-state index in [0.29, 0.717) is 6.42 Å². The van der Waals surface area contributed by atoms with Crippen molar-refractivity contribution in [2.24, 2.45) is 0 Å². The predicted octanol–water partition coefficient (Wildman–Crippen LogP) is 2.56. The minimum Gasteiger partial charge on any atom is -0.316 e. The monoisotopic (exact) mass is 247 g/mol. The van der Waals surface area contributed by atoms with Gasteiger partial charge in [-0.25, -0.2) is 9.97 Å². The first-order chi connectivity index (χ1) is 7.99. The average Bonchev–Trinajstić information content (AvgIpc) is 2.26. The fourth-order valence-corrected chi connectivity index (χ4v) is 1.46. The number of aryl methyl sites for hydroxylation is 1. The van der Waals surface area contributed by atoms with Crippen molar-refractivity contribution >= 4 is 0 Å². The van der Waals surface area contributed by atoms with E-state index in [-0.39, 0.29) is 17.9 Å². The van der Waals surface area contributed by atoms with Crippen LogP contribution in [0.1, 0.15) is 36.8 Å². The maximum atomic E-state index is 12.8. The van der Waals surface area contributed by atoms with Gasteiger partial charge < -0.3 is 5.32 Å². The van der Waals surface area contributed by atoms with Crippen LogP contribution < -0.4 is 5.32 Å². The topological polar surface area (TPSA) is 37.8 Å². The minimum absolute atomic E-state index is 0.0836. The molecule has 0 atom stereocenters. The molecule has 0 radical (unpaired) electrons. The lowest BCUT2D eigenvalue weighted by Crippen LogP contribution is -2.18. The summed E-state index contributed by atoms with van der Waals surface area (Å²) in [4.78, 5) is 7.58. The Bertz CT molecular complexity index is 363. The summed E-state index contributed by atoms with van der Waals surface area (Å²) in [6, 6.07) is 0. The highest BCUT2D eigenvalue weighted by Crippen LogP contribution is 2.30. The Morgan fingerprint density at radius 1 is 1.35 bits per heavy atom. The molecule has 17 heavy (non-hydrogen) atoms. The number of nitrogens with zero attached hydrogens (tertiary/aromatic N) is 2. The SMILES string of the molecule is CCCCc1ncc(CNC)c(C(F)(F)F)n1. The molecule has 0 bridgehead atoms. The van der Waals surface area contributed by atoms with Gasteiger partial charge in [-0.2, -0.15) is 13.2 Å². The van der Waals surface area contributed by atoms with E-state index in [4.69, 9.17) is 0 Å². The summed E-state index contributed by atoms with van der Waals surface area (Å²) in [6.07, 6.45) is -0.974. The van der Waals surface area contributed by atoms with Gasteiger partial charge in [0.05, 0.1) is 0 Å². The molecule has 1 N–H and O–H groups in total. The number of aromatic nitrogens is 2. The second-order valence-electron chi connectivity index (χ2n) is 3.79. The summed E-state index contributed by atoms with van der Waals surface area (Å²) in [5.74, 6) is 0.263. The lowest BCUT2D eigenvalue weighted by Gasteiger charge is -2.12. The molecular weight excluding hydrogens is 231 g/mol. The smallest absolute Gasteiger partial charge is 0.316 e. The third-order valence-electron chi connectivity index (χ3n) is 2.30. The zero-order valence-electron chi connectivity index (χ0n) is 9.93. The molecule has 0 aliphatic carbocycles. The van der Waals surface area contributed by atoms with Gasteiger partial charge >= 0.3 is 6.18 Å². The van der Waals surface area contributed by atoms with E-state index in [9.17, 15) is 13.2 Å². The number of nitrogens with one attached hydrogen (secondary N) is 1. The van der Waals surface area contributed by atoms with Crippen molar-refractivity contribution in [2.45, 2.75) is 38.9 Å². The second-order valence-corrected chi connectivity index (χ2v) is 3.79. The van der Waals surface area contributed by atoms with Gasteiger partial charge in [-0.05, 0) is 13.5 Å². The van der Waals surface area contributed by atoms with E-state index in [1.165, 1.54) is 6.20 Å². The molecule has 1 aromatic heterocycles. The van der Waals surface area contributed by atoms with E-state index in [0.717, 1.165) is 12.8 Å². The van der Waals surface area contributed by atoms with Crippen LogP contribution in [-0.4, -0.2) is 17.0 Å². The number of hydrogen-bond donors (Lipinski definition) is 1. The molecule has 0 spiro atoms. The first-order valence-electron chi connectivity index (χ1n) is 5.55. The van der Waals surface area contributed by atoms with Gasteiger partial charge in [0.2, 0.25) is 0 Å².